The van der Waals surface area contributed by atoms with Crippen LogP contribution in [0.1, 0.15) is 41.6 Å². The number of nitrogens with two attached hydrogens (primary N) is 1. The molecule has 0 aromatic heterocycles. The van der Waals surface area contributed by atoms with Crippen LogP contribution in [-0.2, 0) is 4.79 Å². The van der Waals surface area contributed by atoms with Crippen LogP contribution in [0.5, 0.6) is 0 Å². The third kappa shape index (κ3) is 5.59. The topological polar surface area (TPSA) is 108 Å². The molecule has 2 aliphatic rings. The second-order valence-corrected chi connectivity index (χ2v) is 9.11. The van der Waals surface area contributed by atoms with Crippen LogP contribution in [0.3, 0.4) is 0 Å². The monoisotopic (exact) mass is 485 g/mol. The molecule has 1 aliphatic heterocycles. The highest BCUT2D eigenvalue weighted by molar-refractivity contribution is 6.00. The summed E-state index contributed by atoms with van der Waals surface area (Å²) in [4.78, 5) is 42.3. The lowest BCUT2D eigenvalue weighted by Crippen LogP contribution is -2.56. The van der Waals surface area contributed by atoms with Crippen LogP contribution < -0.4 is 16.4 Å². The van der Waals surface area contributed by atoms with E-state index in [4.69, 9.17) is 5.73 Å². The lowest BCUT2D eigenvalue weighted by molar-refractivity contribution is -0.128. The van der Waals surface area contributed by atoms with Crippen LogP contribution in [-0.4, -0.2) is 59.0 Å². The molecule has 0 spiro atoms. The Balaban J connectivity index is 1.57. The van der Waals surface area contributed by atoms with Gasteiger partial charge in [0, 0.05) is 36.4 Å². The van der Waals surface area contributed by atoms with E-state index in [0.29, 0.717) is 18.5 Å². The number of nitrogens with one attached hydrogen (secondary N) is 2. The number of urea groups is 1. The van der Waals surface area contributed by atoms with Gasteiger partial charge in [-0.05, 0) is 68.5 Å². The van der Waals surface area contributed by atoms with E-state index in [1.165, 1.54) is 9.80 Å². The minimum atomic E-state index is -1.24. The molecule has 0 radical (unpaired) electrons. The molecule has 2 aromatic rings. The standard InChI is InChI=1S/C25H29F2N5O3/c1-15-3-2-4-19(13-15)30-25(35)32-12-11-31(24(34)16-5-10-20(26)21(27)14-16)23(32)22(33)29-18-8-6-17(28)7-9-18/h2-5,10,13-14,17-18,23H,6-9,11-12,28H2,1H3,(H,29,33)(H,30,35). The maximum Gasteiger partial charge on any atom is 0.323 e. The number of carbonyl (C=O) groups is 3. The summed E-state index contributed by atoms with van der Waals surface area (Å²) in [7, 11) is 0. The van der Waals surface area contributed by atoms with E-state index in [-0.39, 0.29) is 30.7 Å². The van der Waals surface area contributed by atoms with E-state index in [1.807, 2.05) is 13.0 Å². The Labute approximate surface area is 202 Å². The zero-order chi connectivity index (χ0) is 25.1. The number of nitrogens with zero attached hydrogens (tertiary/aromatic N) is 2. The number of hydrogen-bond acceptors (Lipinski definition) is 4. The molecule has 1 aliphatic carbocycles. The van der Waals surface area contributed by atoms with Crippen molar-refractivity contribution < 1.29 is 23.2 Å². The summed E-state index contributed by atoms with van der Waals surface area (Å²) < 4.78 is 27.2. The first kappa shape index (κ1) is 24.6. The van der Waals surface area contributed by atoms with Gasteiger partial charge in [0.15, 0.2) is 17.8 Å². The van der Waals surface area contributed by atoms with Crippen molar-refractivity contribution in [2.45, 2.75) is 50.9 Å². The quantitative estimate of drug-likeness (QED) is 0.619. The Morgan fingerprint density at radius 3 is 2.34 bits per heavy atom. The molecule has 1 atom stereocenters. The largest absolute Gasteiger partial charge is 0.350 e. The first-order valence-electron chi connectivity index (χ1n) is 11.7. The van der Waals surface area contributed by atoms with Crippen LogP contribution in [0.15, 0.2) is 42.5 Å². The van der Waals surface area contributed by atoms with Crippen molar-refractivity contribution in [3.8, 4) is 0 Å². The van der Waals surface area contributed by atoms with Crippen LogP contribution in [0.2, 0.25) is 0 Å². The molecule has 2 aromatic carbocycles. The molecule has 1 saturated heterocycles. The summed E-state index contributed by atoms with van der Waals surface area (Å²) in [5.74, 6) is -3.41. The Morgan fingerprint density at radius 2 is 1.66 bits per heavy atom. The van der Waals surface area contributed by atoms with Gasteiger partial charge < -0.3 is 21.3 Å². The second kappa shape index (κ2) is 10.4. The second-order valence-electron chi connectivity index (χ2n) is 9.11. The number of aryl methyl sites for hydroxylation is 1. The molecule has 8 nitrogen and oxygen atoms in total. The van der Waals surface area contributed by atoms with Crippen molar-refractivity contribution in [1.82, 2.24) is 15.1 Å². The predicted octanol–water partition coefficient (Wildman–Crippen LogP) is 2.98. The molecule has 1 heterocycles. The number of carbonyl (C=O) groups excluding carboxylic acids is 3. The zero-order valence-electron chi connectivity index (χ0n) is 19.5. The van der Waals surface area contributed by atoms with Crippen LogP contribution in [0.25, 0.3) is 0 Å². The fourth-order valence-corrected chi connectivity index (χ4v) is 4.59. The number of amides is 4. The van der Waals surface area contributed by atoms with Gasteiger partial charge in [-0.15, -0.1) is 0 Å². The van der Waals surface area contributed by atoms with Crippen LogP contribution in [0, 0.1) is 18.6 Å². The van der Waals surface area contributed by atoms with E-state index >= 15 is 0 Å². The van der Waals surface area contributed by atoms with Crippen molar-refractivity contribution in [3.63, 3.8) is 0 Å². The van der Waals surface area contributed by atoms with Gasteiger partial charge in [-0.25, -0.2) is 13.6 Å². The Kier molecular flexibility index (Phi) is 7.30. The first-order chi connectivity index (χ1) is 16.7. The Hall–Kier alpha value is -3.53. The Bertz CT molecular complexity index is 1120. The molecular formula is C25H29F2N5O3. The molecule has 1 saturated carbocycles. The lowest BCUT2D eigenvalue weighted by atomic mass is 9.92. The normalized spacial score (nSPS) is 22.1. The molecule has 1 unspecified atom stereocenters. The number of anilines is 1. The highest BCUT2D eigenvalue weighted by Crippen LogP contribution is 2.23. The van der Waals surface area contributed by atoms with Crippen LogP contribution >= 0.6 is 0 Å². The molecule has 35 heavy (non-hydrogen) atoms. The van der Waals surface area contributed by atoms with Gasteiger partial charge in [0.05, 0.1) is 0 Å². The third-order valence-corrected chi connectivity index (χ3v) is 6.48. The number of rotatable bonds is 4. The predicted molar refractivity (Wildman–Crippen MR) is 126 cm³/mol. The van der Waals surface area contributed by atoms with Crippen molar-refractivity contribution in [1.29, 1.82) is 0 Å². The average molecular weight is 486 g/mol. The van der Waals surface area contributed by atoms with Gasteiger partial charge in [0.2, 0.25) is 0 Å². The van der Waals surface area contributed by atoms with E-state index in [0.717, 1.165) is 36.6 Å². The van der Waals surface area contributed by atoms with Gasteiger partial charge in [-0.1, -0.05) is 12.1 Å². The fourth-order valence-electron chi connectivity index (χ4n) is 4.59. The third-order valence-electron chi connectivity index (χ3n) is 6.48. The van der Waals surface area contributed by atoms with Gasteiger partial charge in [-0.3, -0.25) is 14.5 Å². The number of benzene rings is 2. The maximum absolute atomic E-state index is 13.8. The van der Waals surface area contributed by atoms with Gasteiger partial charge >= 0.3 is 6.03 Å². The Morgan fingerprint density at radius 1 is 0.943 bits per heavy atom. The molecule has 186 valence electrons. The SMILES string of the molecule is Cc1cccc(NC(=O)N2CCN(C(=O)c3ccc(F)c(F)c3)C2C(=O)NC2CCC(N)CC2)c1. The number of hydrogen-bond donors (Lipinski definition) is 3. The summed E-state index contributed by atoms with van der Waals surface area (Å²) >= 11 is 0. The number of halogens is 2. The van der Waals surface area contributed by atoms with Crippen molar-refractivity contribution in [2.24, 2.45) is 5.73 Å². The van der Waals surface area contributed by atoms with E-state index in [9.17, 15) is 23.2 Å². The zero-order valence-corrected chi connectivity index (χ0v) is 19.5. The fraction of sp³-hybridized carbons (Fsp3) is 0.400. The van der Waals surface area contributed by atoms with Crippen molar-refractivity contribution in [3.05, 3.63) is 65.2 Å². The van der Waals surface area contributed by atoms with E-state index < -0.39 is 35.6 Å². The first-order valence-corrected chi connectivity index (χ1v) is 11.7. The lowest BCUT2D eigenvalue weighted by Gasteiger charge is -2.32. The van der Waals surface area contributed by atoms with Crippen LogP contribution in [0.4, 0.5) is 19.3 Å². The minimum absolute atomic E-state index is 0.0622. The molecule has 4 amide bonds. The maximum atomic E-state index is 13.8. The summed E-state index contributed by atoms with van der Waals surface area (Å²) in [6, 6.07) is 9.46. The van der Waals surface area contributed by atoms with Crippen molar-refractivity contribution in [2.75, 3.05) is 18.4 Å². The smallest absolute Gasteiger partial charge is 0.323 e. The van der Waals surface area contributed by atoms with E-state index in [2.05, 4.69) is 10.6 Å². The van der Waals surface area contributed by atoms with Gasteiger partial charge in [0.1, 0.15) is 0 Å². The molecule has 2 fully saturated rings. The minimum Gasteiger partial charge on any atom is -0.350 e. The summed E-state index contributed by atoms with van der Waals surface area (Å²) in [5, 5.41) is 5.73. The molecule has 4 N–H and O–H groups in total. The highest BCUT2D eigenvalue weighted by atomic mass is 19.2. The highest BCUT2D eigenvalue weighted by Gasteiger charge is 2.43. The summed E-state index contributed by atoms with van der Waals surface area (Å²) in [6.07, 6.45) is 1.70. The average Bonchev–Trinajstić information content (AvgIpc) is 3.27. The molecule has 4 rings (SSSR count). The van der Waals surface area contributed by atoms with Gasteiger partial charge in [-0.2, -0.15) is 0 Å². The van der Waals surface area contributed by atoms with Crippen molar-refractivity contribution >= 4 is 23.5 Å². The van der Waals surface area contributed by atoms with E-state index in [1.54, 1.807) is 18.2 Å². The van der Waals surface area contributed by atoms with Gasteiger partial charge in [0.25, 0.3) is 11.8 Å². The molecule has 0 bridgehead atoms. The molecular weight excluding hydrogens is 456 g/mol. The molecule has 10 heteroatoms. The summed E-state index contributed by atoms with van der Waals surface area (Å²) in [5.41, 5.74) is 7.36. The summed E-state index contributed by atoms with van der Waals surface area (Å²) in [6.45, 7) is 2.05.